The van der Waals surface area contributed by atoms with E-state index >= 15 is 0 Å². The molecule has 0 amide bonds. The first kappa shape index (κ1) is 78.1. The third kappa shape index (κ3) is 94.6. The molecule has 0 aliphatic heterocycles. The molecule has 0 aromatic rings. The zero-order valence-corrected chi connectivity index (χ0v) is 48.6. The molecule has 416 valence electrons. The first-order chi connectivity index (χ1) is 32.2. The summed E-state index contributed by atoms with van der Waals surface area (Å²) in [5.41, 5.74) is 0. The van der Waals surface area contributed by atoms with Gasteiger partial charge in [0.25, 0.3) is 0 Å². The van der Waals surface area contributed by atoms with E-state index in [0.717, 1.165) is 51.4 Å². The molecular weight excluding hydrogens is 1010 g/mol. The van der Waals surface area contributed by atoms with Crippen LogP contribution in [0, 0.1) is 0 Å². The van der Waals surface area contributed by atoms with Crippen molar-refractivity contribution in [1.29, 1.82) is 0 Å². The fourth-order valence-electron chi connectivity index (χ4n) is 7.00. The number of hydrogen-bond acceptors (Lipinski definition) is 16. The van der Waals surface area contributed by atoms with Gasteiger partial charge in [-0.05, 0) is 25.7 Å². The molecule has 0 aliphatic rings. The van der Waals surface area contributed by atoms with Gasteiger partial charge in [0.1, 0.15) is 0 Å². The van der Waals surface area contributed by atoms with Crippen molar-refractivity contribution in [3.05, 3.63) is 0 Å². The molecule has 0 N–H and O–H groups in total. The largest absolute Gasteiger partial charge is 4.00 e. The Bertz CT molecular complexity index is 1220. The summed E-state index contributed by atoms with van der Waals surface area (Å²) in [5.74, 6) is 0. The predicted molar refractivity (Wildman–Crippen MR) is 270 cm³/mol. The van der Waals surface area contributed by atoms with Gasteiger partial charge in [0, 0.05) is 0 Å². The van der Waals surface area contributed by atoms with E-state index in [1.54, 1.807) is 0 Å². The Kier molecular flexibility index (Phi) is 66.9. The van der Waals surface area contributed by atoms with Crippen molar-refractivity contribution in [3.8, 4) is 0 Å². The van der Waals surface area contributed by atoms with Gasteiger partial charge < -0.3 is 18.2 Å². The molecule has 0 aromatic carbocycles. The van der Waals surface area contributed by atoms with Crippen LogP contribution in [0.4, 0.5) is 0 Å². The molecule has 16 nitrogen and oxygen atoms in total. The Hall–Kier alpha value is 0.194. The summed E-state index contributed by atoms with van der Waals surface area (Å²) < 4.78 is 138. The van der Waals surface area contributed by atoms with E-state index in [2.05, 4.69) is 44.4 Å². The van der Waals surface area contributed by atoms with Crippen LogP contribution in [-0.2, 0) is 80.0 Å². The van der Waals surface area contributed by atoms with Crippen molar-refractivity contribution in [1.82, 2.24) is 0 Å². The predicted octanol–water partition coefficient (Wildman–Crippen LogP) is 13.5. The topological polar surface area (TPSA) is 266 Å². The molecule has 0 radical (unpaired) electrons. The molecule has 0 aromatic heterocycles. The van der Waals surface area contributed by atoms with Gasteiger partial charge in [0.2, 0.25) is 41.6 Å². The monoisotopic (exact) mass is 1110 g/mol. The summed E-state index contributed by atoms with van der Waals surface area (Å²) >= 11 is 0. The van der Waals surface area contributed by atoms with Gasteiger partial charge in [-0.2, -0.15) is 0 Å². The summed E-state index contributed by atoms with van der Waals surface area (Å²) in [4.78, 5) is 0. The Morgan fingerprint density at radius 1 is 0.217 bits per heavy atom. The van der Waals surface area contributed by atoms with E-state index in [9.17, 15) is 51.9 Å². The maximum absolute atomic E-state index is 10.1. The minimum Gasteiger partial charge on any atom is -0.726 e. The van der Waals surface area contributed by atoms with E-state index in [-0.39, 0.29) is 48.1 Å². The zero-order chi connectivity index (χ0) is 51.9. The second-order valence-corrected chi connectivity index (χ2v) is 21.9. The molecule has 0 aliphatic carbocycles. The summed E-state index contributed by atoms with van der Waals surface area (Å²) in [5, 5.41) is 0. The van der Waals surface area contributed by atoms with Gasteiger partial charge >= 0.3 is 21.7 Å². The molecule has 0 unspecified atom stereocenters. The van der Waals surface area contributed by atoms with E-state index in [1.165, 1.54) is 180 Å². The van der Waals surface area contributed by atoms with E-state index < -0.39 is 41.6 Å². The van der Waals surface area contributed by atoms with Crippen LogP contribution in [0.3, 0.4) is 0 Å². The third-order valence-electron chi connectivity index (χ3n) is 10.9. The molecule has 0 rings (SSSR count). The molecule has 0 fully saturated rings. The molecular formula is C48H100O16S4Ti. The molecule has 0 spiro atoms. The van der Waals surface area contributed by atoms with E-state index in [4.69, 9.17) is 0 Å². The maximum Gasteiger partial charge on any atom is 4.00 e. The Balaban J connectivity index is -0.000000263. The molecule has 0 saturated carbocycles. The van der Waals surface area contributed by atoms with Crippen molar-refractivity contribution in [2.24, 2.45) is 0 Å². The van der Waals surface area contributed by atoms with Gasteiger partial charge in [-0.3, -0.25) is 16.7 Å². The Labute approximate surface area is 440 Å². The van der Waals surface area contributed by atoms with Crippen LogP contribution in [0.25, 0.3) is 0 Å². The van der Waals surface area contributed by atoms with E-state index in [1.807, 2.05) is 0 Å². The zero-order valence-electron chi connectivity index (χ0n) is 43.8. The standard InChI is InChI=1S/4C12H26O4S.Ti/c4*1-2-3-4-5-6-7-8-9-10-11-12-16-17(13,14)15;/h4*2-12H2,1H3,(H,13,14,15);/q;;;;+4/p-4. The average molecular weight is 1110 g/mol. The van der Waals surface area contributed by atoms with Crippen molar-refractivity contribution in [2.45, 2.75) is 285 Å². The Morgan fingerprint density at radius 2 is 0.319 bits per heavy atom. The van der Waals surface area contributed by atoms with Crippen LogP contribution in [-0.4, -0.2) is 78.3 Å². The van der Waals surface area contributed by atoms with Crippen LogP contribution in [0.2, 0.25) is 0 Å². The first-order valence-corrected chi connectivity index (χ1v) is 32.0. The normalized spacial score (nSPS) is 11.7. The van der Waals surface area contributed by atoms with Crippen LogP contribution in [0.15, 0.2) is 0 Å². The van der Waals surface area contributed by atoms with Crippen LogP contribution in [0.1, 0.15) is 285 Å². The summed E-state index contributed by atoms with van der Waals surface area (Å²) in [7, 11) is -17.9. The molecule has 0 heterocycles. The molecule has 0 saturated heterocycles. The van der Waals surface area contributed by atoms with Crippen LogP contribution in [0.5, 0.6) is 0 Å². The molecule has 0 atom stereocenters. The quantitative estimate of drug-likeness (QED) is 0.0237. The minimum atomic E-state index is -4.48. The van der Waals surface area contributed by atoms with E-state index in [0.29, 0.717) is 25.7 Å². The first-order valence-electron chi connectivity index (χ1n) is 26.6. The molecule has 0 bridgehead atoms. The fourth-order valence-corrected chi connectivity index (χ4v) is 8.29. The summed E-state index contributed by atoms with van der Waals surface area (Å²) in [6.45, 7) is 8.97. The smallest absolute Gasteiger partial charge is 0.726 e. The minimum absolute atomic E-state index is 0. The van der Waals surface area contributed by atoms with Crippen LogP contribution < -0.4 is 0 Å². The van der Waals surface area contributed by atoms with Crippen LogP contribution >= 0.6 is 0 Å². The second-order valence-electron chi connectivity index (χ2n) is 17.6. The van der Waals surface area contributed by atoms with Gasteiger partial charge in [0.05, 0.1) is 26.4 Å². The summed E-state index contributed by atoms with van der Waals surface area (Å²) in [6.07, 6.45) is 46.8. The second kappa shape index (κ2) is 59.1. The fraction of sp³-hybridized carbons (Fsp3) is 1.00. The average Bonchev–Trinajstić information content (AvgIpc) is 3.25. The van der Waals surface area contributed by atoms with Gasteiger partial charge in [-0.25, -0.2) is 33.7 Å². The molecule has 69 heavy (non-hydrogen) atoms. The van der Waals surface area contributed by atoms with Gasteiger partial charge in [-0.1, -0.05) is 259 Å². The number of hydrogen-bond donors (Lipinski definition) is 0. The Morgan fingerprint density at radius 3 is 0.420 bits per heavy atom. The van der Waals surface area contributed by atoms with Gasteiger partial charge in [0.15, 0.2) is 0 Å². The van der Waals surface area contributed by atoms with Crippen molar-refractivity contribution >= 4 is 41.6 Å². The SMILES string of the molecule is CCCCCCCCCCCCOS(=O)(=O)[O-].CCCCCCCCCCCCOS(=O)(=O)[O-].CCCCCCCCCCCCOS(=O)(=O)[O-].CCCCCCCCCCCCOS(=O)(=O)[O-].[Ti+4]. The molecule has 21 heteroatoms. The maximum atomic E-state index is 10.1. The third-order valence-corrected chi connectivity index (χ3v) is 12.7. The number of rotatable bonds is 48. The summed E-state index contributed by atoms with van der Waals surface area (Å²) in [6, 6.07) is 0. The number of unbranched alkanes of at least 4 members (excludes halogenated alkanes) is 36. The van der Waals surface area contributed by atoms with Crippen molar-refractivity contribution in [3.63, 3.8) is 0 Å². The van der Waals surface area contributed by atoms with Crippen molar-refractivity contribution in [2.75, 3.05) is 26.4 Å². The van der Waals surface area contributed by atoms with Crippen molar-refractivity contribution < 1.29 is 90.3 Å². The van der Waals surface area contributed by atoms with Gasteiger partial charge in [-0.15, -0.1) is 0 Å².